The van der Waals surface area contributed by atoms with E-state index in [0.717, 1.165) is 38.9 Å². The second kappa shape index (κ2) is 16.3. The maximum Gasteiger partial charge on any atom is 0.273 e. The molecule has 10 nitrogen and oxygen atoms in total. The molecule has 0 radical (unpaired) electrons. The largest absolute Gasteiger partial charge is 0.381 e. The second-order valence-electron chi connectivity index (χ2n) is 11.1. The summed E-state index contributed by atoms with van der Waals surface area (Å²) in [6.07, 6.45) is 2.49. The van der Waals surface area contributed by atoms with Gasteiger partial charge in [-0.3, -0.25) is 14.5 Å². The number of amides is 2. The van der Waals surface area contributed by atoms with Gasteiger partial charge in [0, 0.05) is 52.8 Å². The predicted molar refractivity (Wildman–Crippen MR) is 165 cm³/mol. The summed E-state index contributed by atoms with van der Waals surface area (Å²) in [7, 11) is 4.85. The molecule has 2 aliphatic rings. The number of methoxy groups -OCH3 is 2. The van der Waals surface area contributed by atoms with Gasteiger partial charge in [-0.25, -0.2) is 4.98 Å². The van der Waals surface area contributed by atoms with Crippen molar-refractivity contribution in [2.24, 2.45) is 0 Å². The van der Waals surface area contributed by atoms with E-state index in [2.05, 4.69) is 46.0 Å². The highest BCUT2D eigenvalue weighted by atomic mass is 32.1. The fourth-order valence-electron chi connectivity index (χ4n) is 5.42. The summed E-state index contributed by atoms with van der Waals surface area (Å²) in [6.45, 7) is 7.60. The lowest BCUT2D eigenvalue weighted by molar-refractivity contribution is -0.143. The molecule has 2 fully saturated rings. The third-order valence-corrected chi connectivity index (χ3v) is 8.81. The van der Waals surface area contributed by atoms with Crippen LogP contribution in [0.3, 0.4) is 0 Å². The summed E-state index contributed by atoms with van der Waals surface area (Å²) >= 11 is 1.41. The van der Waals surface area contributed by atoms with Gasteiger partial charge in [0.1, 0.15) is 5.69 Å². The molecule has 4 rings (SSSR count). The summed E-state index contributed by atoms with van der Waals surface area (Å²) in [5.41, 5.74) is 2.68. The molecule has 0 unspecified atom stereocenters. The molecule has 234 valence electrons. The van der Waals surface area contributed by atoms with E-state index in [4.69, 9.17) is 18.9 Å². The van der Waals surface area contributed by atoms with Crippen molar-refractivity contribution in [3.05, 3.63) is 51.5 Å². The predicted octanol–water partition coefficient (Wildman–Crippen LogP) is 3.05. The molecule has 43 heavy (non-hydrogen) atoms. The summed E-state index contributed by atoms with van der Waals surface area (Å²) in [4.78, 5) is 35.7. The van der Waals surface area contributed by atoms with Crippen molar-refractivity contribution in [1.29, 1.82) is 0 Å². The Kier molecular flexibility index (Phi) is 12.5. The molecule has 11 heteroatoms. The zero-order valence-corrected chi connectivity index (χ0v) is 26.6. The molecule has 0 aliphatic carbocycles. The van der Waals surface area contributed by atoms with E-state index in [1.54, 1.807) is 38.5 Å². The third kappa shape index (κ3) is 9.57. The molecule has 0 N–H and O–H groups in total. The first-order chi connectivity index (χ1) is 20.8. The lowest BCUT2D eigenvalue weighted by Crippen LogP contribution is -2.58. The number of rotatable bonds is 13. The molecule has 0 bridgehead atoms. The number of piperidine rings is 1. The monoisotopic (exact) mass is 612 g/mol. The Bertz CT molecular complexity index is 1240. The highest BCUT2D eigenvalue weighted by molar-refractivity contribution is 7.10. The number of benzene rings is 1. The van der Waals surface area contributed by atoms with Gasteiger partial charge in [0.25, 0.3) is 5.91 Å². The molecule has 3 heterocycles. The Morgan fingerprint density at radius 1 is 1.12 bits per heavy atom. The lowest BCUT2D eigenvalue weighted by Gasteiger charge is -2.47. The van der Waals surface area contributed by atoms with Gasteiger partial charge in [-0.05, 0) is 43.2 Å². The minimum absolute atomic E-state index is 0.000201. The number of likely N-dealkylation sites (tertiary alicyclic amines) is 1. The highest BCUT2D eigenvalue weighted by Crippen LogP contribution is 2.31. The normalized spacial score (nSPS) is 16.7. The van der Waals surface area contributed by atoms with Gasteiger partial charge in [-0.2, -0.15) is 0 Å². The van der Waals surface area contributed by atoms with Crippen LogP contribution in [0.2, 0.25) is 0 Å². The maximum absolute atomic E-state index is 13.1. The van der Waals surface area contributed by atoms with Gasteiger partial charge in [-0.15, -0.1) is 11.3 Å². The Morgan fingerprint density at radius 3 is 2.53 bits per heavy atom. The van der Waals surface area contributed by atoms with E-state index in [9.17, 15) is 9.59 Å². The van der Waals surface area contributed by atoms with Crippen LogP contribution < -0.4 is 0 Å². The minimum atomic E-state index is -0.427. The number of carbonyl (C=O) groups excluding carboxylic acids is 2. The fraction of sp³-hybridized carbons (Fsp3) is 0.594. The zero-order valence-electron chi connectivity index (χ0n) is 25.8. The quantitative estimate of drug-likeness (QED) is 0.194. The number of nitrogens with zero attached hydrogens (tertiary/aromatic N) is 4. The van der Waals surface area contributed by atoms with E-state index < -0.39 is 6.29 Å². The van der Waals surface area contributed by atoms with E-state index >= 15 is 0 Å². The van der Waals surface area contributed by atoms with Crippen LogP contribution in [-0.4, -0.2) is 117 Å². The van der Waals surface area contributed by atoms with E-state index in [0.29, 0.717) is 56.6 Å². The number of thiazole rings is 1. The number of morpholine rings is 1. The Balaban J connectivity index is 1.15. The van der Waals surface area contributed by atoms with E-state index in [1.165, 1.54) is 22.5 Å². The molecule has 1 aromatic heterocycles. The zero-order chi connectivity index (χ0) is 30.7. The van der Waals surface area contributed by atoms with Crippen LogP contribution in [0.1, 0.15) is 52.8 Å². The van der Waals surface area contributed by atoms with Crippen molar-refractivity contribution in [3.63, 3.8) is 0 Å². The number of hydrogen-bond acceptors (Lipinski definition) is 9. The lowest BCUT2D eigenvalue weighted by atomic mass is 9.89. The molecular formula is C32H44N4O6S. The Labute approximate surface area is 259 Å². The first-order valence-corrected chi connectivity index (χ1v) is 15.7. The molecule has 0 atom stereocenters. The fourth-order valence-corrected chi connectivity index (χ4v) is 6.11. The first kappa shape index (κ1) is 33.1. The van der Waals surface area contributed by atoms with Crippen molar-refractivity contribution in [1.82, 2.24) is 19.7 Å². The standard InChI is InChI=1S/C32H44N4O6S/c1-5-6-28-33-27(23-43-28)31(38)36-17-20-42-32(24-36)13-15-35(16-14-32)21-26-9-7-25(8-10-26)11-18-41-19-12-29(37)34(2)22-30(39-3)40-4/h7-10,23,30H,11-22,24H2,1-4H3. The molecule has 1 aromatic carbocycles. The van der Waals surface area contributed by atoms with Gasteiger partial charge in [-0.1, -0.05) is 30.2 Å². The SMILES string of the molecule is CC#Cc1nc(C(=O)N2CCOC3(CCN(Cc4ccc(CCOCCC(=O)N(C)CC(OC)OC)cc4)CC3)C2)cs1. The number of hydrogen-bond donors (Lipinski definition) is 0. The molecular weight excluding hydrogens is 568 g/mol. The summed E-state index contributed by atoms with van der Waals surface area (Å²) in [5.74, 6) is 5.74. The number of carbonyl (C=O) groups is 2. The number of aromatic nitrogens is 1. The van der Waals surface area contributed by atoms with Gasteiger partial charge in [0.2, 0.25) is 5.91 Å². The van der Waals surface area contributed by atoms with Crippen molar-refractivity contribution >= 4 is 23.2 Å². The average Bonchev–Trinajstić information content (AvgIpc) is 3.50. The number of likely N-dealkylation sites (N-methyl/N-ethyl adjacent to an activating group) is 1. The Morgan fingerprint density at radius 2 is 1.84 bits per heavy atom. The van der Waals surface area contributed by atoms with Crippen molar-refractivity contribution in [3.8, 4) is 11.8 Å². The highest BCUT2D eigenvalue weighted by Gasteiger charge is 2.41. The van der Waals surface area contributed by atoms with E-state index in [1.807, 2.05) is 4.90 Å². The third-order valence-electron chi connectivity index (χ3n) is 8.06. The first-order valence-electron chi connectivity index (χ1n) is 14.8. The van der Waals surface area contributed by atoms with Gasteiger partial charge < -0.3 is 28.7 Å². The number of ether oxygens (including phenoxy) is 4. The Hall–Kier alpha value is -2.85. The molecule has 2 aliphatic heterocycles. The average molecular weight is 613 g/mol. The van der Waals surface area contributed by atoms with Crippen LogP contribution in [-0.2, 0) is 36.7 Å². The van der Waals surface area contributed by atoms with Gasteiger partial charge in [0.15, 0.2) is 11.3 Å². The van der Waals surface area contributed by atoms with Crippen molar-refractivity contribution < 1.29 is 28.5 Å². The van der Waals surface area contributed by atoms with Gasteiger partial charge >= 0.3 is 0 Å². The summed E-state index contributed by atoms with van der Waals surface area (Å²) in [6, 6.07) is 8.68. The summed E-state index contributed by atoms with van der Waals surface area (Å²) < 4.78 is 22.3. The van der Waals surface area contributed by atoms with Crippen LogP contribution in [0.4, 0.5) is 0 Å². The minimum Gasteiger partial charge on any atom is -0.381 e. The maximum atomic E-state index is 13.1. The molecule has 2 aromatic rings. The molecule has 2 amide bonds. The smallest absolute Gasteiger partial charge is 0.273 e. The van der Waals surface area contributed by atoms with Crippen LogP contribution >= 0.6 is 11.3 Å². The van der Waals surface area contributed by atoms with Crippen LogP contribution in [0, 0.1) is 11.8 Å². The van der Waals surface area contributed by atoms with Crippen LogP contribution in [0.15, 0.2) is 29.6 Å². The molecule has 0 saturated carbocycles. The van der Waals surface area contributed by atoms with Crippen LogP contribution in [0.25, 0.3) is 0 Å². The molecule has 2 saturated heterocycles. The van der Waals surface area contributed by atoms with Crippen molar-refractivity contribution in [2.75, 3.05) is 73.8 Å². The second-order valence-corrected chi connectivity index (χ2v) is 11.9. The van der Waals surface area contributed by atoms with Crippen molar-refractivity contribution in [2.45, 2.75) is 51.0 Å². The van der Waals surface area contributed by atoms with Gasteiger partial charge in [0.05, 0.1) is 44.9 Å². The topological polar surface area (TPSA) is 93.7 Å². The summed E-state index contributed by atoms with van der Waals surface area (Å²) in [5, 5.41) is 2.48. The van der Waals surface area contributed by atoms with E-state index in [-0.39, 0.29) is 17.4 Å². The molecule has 1 spiro atoms. The van der Waals surface area contributed by atoms with Crippen LogP contribution in [0.5, 0.6) is 0 Å².